The Bertz CT molecular complexity index is 699. The maximum absolute atomic E-state index is 11.5. The molecule has 0 spiro atoms. The zero-order valence-corrected chi connectivity index (χ0v) is 14.6. The Hall–Kier alpha value is -1.03. The van der Waals surface area contributed by atoms with E-state index < -0.39 is 5.24 Å². The average Bonchev–Trinajstić information content (AvgIpc) is 2.42. The number of halogens is 3. The summed E-state index contributed by atoms with van der Waals surface area (Å²) >= 11 is 15.1. The molecule has 5 heteroatoms. The monoisotopic (exact) mass is 386 g/mol. The first-order valence-corrected chi connectivity index (χ1v) is 7.82. The van der Waals surface area contributed by atoms with E-state index in [-0.39, 0.29) is 6.61 Å². The highest BCUT2D eigenvalue weighted by atomic mass is 79.9. The van der Waals surface area contributed by atoms with Crippen LogP contribution in [-0.2, 0) is 6.61 Å². The second kappa shape index (κ2) is 6.82. The van der Waals surface area contributed by atoms with Gasteiger partial charge in [0.05, 0.1) is 0 Å². The maximum atomic E-state index is 11.5. The van der Waals surface area contributed by atoms with Crippen molar-refractivity contribution < 1.29 is 9.53 Å². The number of hydrogen-bond acceptors (Lipinski definition) is 2. The standard InChI is InChI=1S/C16H13BrCl2O2/c1-9-6-10(2)15(7-14(9)18)21-8-12-11(16(19)20)4-3-5-13(12)17/h3-7H,8H2,1-2H3. The van der Waals surface area contributed by atoms with Gasteiger partial charge < -0.3 is 4.74 Å². The highest BCUT2D eigenvalue weighted by Crippen LogP contribution is 2.29. The second-order valence-electron chi connectivity index (χ2n) is 4.70. The van der Waals surface area contributed by atoms with Crippen molar-refractivity contribution in [3.05, 3.63) is 62.1 Å². The van der Waals surface area contributed by atoms with Crippen molar-refractivity contribution in [1.82, 2.24) is 0 Å². The van der Waals surface area contributed by atoms with E-state index in [1.807, 2.05) is 26.0 Å². The van der Waals surface area contributed by atoms with Gasteiger partial charge >= 0.3 is 0 Å². The third kappa shape index (κ3) is 3.79. The fraction of sp³-hybridized carbons (Fsp3) is 0.188. The fourth-order valence-corrected chi connectivity index (χ4v) is 2.81. The third-order valence-electron chi connectivity index (χ3n) is 3.16. The number of benzene rings is 2. The Labute approximate surface area is 142 Å². The lowest BCUT2D eigenvalue weighted by molar-refractivity contribution is 0.107. The molecule has 0 saturated heterocycles. The van der Waals surface area contributed by atoms with Crippen LogP contribution in [0.15, 0.2) is 34.8 Å². The summed E-state index contributed by atoms with van der Waals surface area (Å²) in [6.07, 6.45) is 0. The van der Waals surface area contributed by atoms with Crippen LogP contribution < -0.4 is 4.74 Å². The number of hydrogen-bond donors (Lipinski definition) is 0. The minimum atomic E-state index is -0.506. The maximum Gasteiger partial charge on any atom is 0.252 e. The minimum absolute atomic E-state index is 0.232. The summed E-state index contributed by atoms with van der Waals surface area (Å²) in [6, 6.07) is 9.03. The zero-order chi connectivity index (χ0) is 15.6. The summed E-state index contributed by atoms with van der Waals surface area (Å²) in [6.45, 7) is 4.12. The summed E-state index contributed by atoms with van der Waals surface area (Å²) in [5, 5.41) is 0.143. The van der Waals surface area contributed by atoms with Gasteiger partial charge in [0.25, 0.3) is 5.24 Å². The molecule has 110 valence electrons. The molecule has 0 heterocycles. The van der Waals surface area contributed by atoms with Gasteiger partial charge in [-0.15, -0.1) is 0 Å². The predicted octanol–water partition coefficient (Wildman–Crippen LogP) is 5.68. The van der Waals surface area contributed by atoms with Gasteiger partial charge in [-0.05, 0) is 54.8 Å². The van der Waals surface area contributed by atoms with Crippen molar-refractivity contribution in [2.75, 3.05) is 0 Å². The highest BCUT2D eigenvalue weighted by Gasteiger charge is 2.13. The smallest absolute Gasteiger partial charge is 0.252 e. The summed E-state index contributed by atoms with van der Waals surface area (Å²) in [5.74, 6) is 0.689. The summed E-state index contributed by atoms with van der Waals surface area (Å²) < 4.78 is 6.59. The number of rotatable bonds is 4. The molecular weight excluding hydrogens is 375 g/mol. The Morgan fingerprint density at radius 3 is 2.62 bits per heavy atom. The summed E-state index contributed by atoms with van der Waals surface area (Å²) in [4.78, 5) is 11.5. The van der Waals surface area contributed by atoms with E-state index in [1.54, 1.807) is 18.2 Å². The number of carbonyl (C=O) groups is 1. The van der Waals surface area contributed by atoms with Crippen molar-refractivity contribution in [2.45, 2.75) is 20.5 Å². The molecule has 0 atom stereocenters. The van der Waals surface area contributed by atoms with E-state index in [9.17, 15) is 4.79 Å². The zero-order valence-electron chi connectivity index (χ0n) is 11.5. The van der Waals surface area contributed by atoms with Gasteiger partial charge in [0.1, 0.15) is 12.4 Å². The van der Waals surface area contributed by atoms with Crippen molar-refractivity contribution in [2.24, 2.45) is 0 Å². The largest absolute Gasteiger partial charge is 0.489 e. The first-order chi connectivity index (χ1) is 9.90. The molecule has 2 aromatic rings. The van der Waals surface area contributed by atoms with Crippen LogP contribution in [0.2, 0.25) is 5.02 Å². The van der Waals surface area contributed by atoms with Crippen LogP contribution in [0.25, 0.3) is 0 Å². The van der Waals surface area contributed by atoms with Gasteiger partial charge in [0, 0.05) is 20.6 Å². The van der Waals surface area contributed by atoms with Crippen LogP contribution in [0, 0.1) is 13.8 Å². The second-order valence-corrected chi connectivity index (χ2v) is 6.30. The third-order valence-corrected chi connectivity index (χ3v) is 4.51. The Balaban J connectivity index is 2.29. The number of aryl methyl sites for hydroxylation is 2. The topological polar surface area (TPSA) is 26.3 Å². The Morgan fingerprint density at radius 1 is 1.24 bits per heavy atom. The van der Waals surface area contributed by atoms with Gasteiger partial charge in [-0.3, -0.25) is 4.79 Å². The molecule has 2 rings (SSSR count). The van der Waals surface area contributed by atoms with Gasteiger partial charge in [-0.25, -0.2) is 0 Å². The van der Waals surface area contributed by atoms with E-state index in [4.69, 9.17) is 27.9 Å². The lowest BCUT2D eigenvalue weighted by Crippen LogP contribution is -2.04. The van der Waals surface area contributed by atoms with Crippen LogP contribution in [0.3, 0.4) is 0 Å². The predicted molar refractivity (Wildman–Crippen MR) is 89.6 cm³/mol. The molecule has 2 nitrogen and oxygen atoms in total. The molecule has 0 aliphatic carbocycles. The quantitative estimate of drug-likeness (QED) is 0.631. The number of ether oxygens (including phenoxy) is 1. The lowest BCUT2D eigenvalue weighted by Gasteiger charge is -2.13. The van der Waals surface area contributed by atoms with Crippen molar-refractivity contribution >= 4 is 44.4 Å². The molecule has 2 aromatic carbocycles. The van der Waals surface area contributed by atoms with E-state index in [0.29, 0.717) is 21.9 Å². The van der Waals surface area contributed by atoms with Gasteiger partial charge in [-0.1, -0.05) is 39.7 Å². The molecular formula is C16H13BrCl2O2. The highest BCUT2D eigenvalue weighted by molar-refractivity contribution is 9.10. The Kier molecular flexibility index (Phi) is 5.31. The fourth-order valence-electron chi connectivity index (χ4n) is 2.00. The van der Waals surface area contributed by atoms with Crippen LogP contribution in [-0.4, -0.2) is 5.24 Å². The number of carbonyl (C=O) groups excluding carboxylic acids is 1. The molecule has 0 aliphatic rings. The lowest BCUT2D eigenvalue weighted by atomic mass is 10.1. The first-order valence-electron chi connectivity index (χ1n) is 6.27. The minimum Gasteiger partial charge on any atom is -0.489 e. The van der Waals surface area contributed by atoms with Crippen molar-refractivity contribution in [3.8, 4) is 5.75 Å². The van der Waals surface area contributed by atoms with Crippen molar-refractivity contribution in [1.29, 1.82) is 0 Å². The van der Waals surface area contributed by atoms with E-state index >= 15 is 0 Å². The molecule has 0 bridgehead atoms. The SMILES string of the molecule is Cc1cc(C)c(OCc2c(Br)cccc2C(=O)Cl)cc1Cl. The normalized spacial score (nSPS) is 10.5. The van der Waals surface area contributed by atoms with Crippen LogP contribution in [0.5, 0.6) is 5.75 Å². The van der Waals surface area contributed by atoms with E-state index in [0.717, 1.165) is 15.6 Å². The molecule has 0 N–H and O–H groups in total. The molecule has 0 amide bonds. The van der Waals surface area contributed by atoms with Crippen LogP contribution in [0.1, 0.15) is 27.0 Å². The van der Waals surface area contributed by atoms with Crippen LogP contribution >= 0.6 is 39.1 Å². The van der Waals surface area contributed by atoms with E-state index in [2.05, 4.69) is 15.9 Å². The van der Waals surface area contributed by atoms with E-state index in [1.165, 1.54) is 0 Å². The van der Waals surface area contributed by atoms with Gasteiger partial charge in [0.15, 0.2) is 0 Å². The van der Waals surface area contributed by atoms with Crippen LogP contribution in [0.4, 0.5) is 0 Å². The molecule has 0 fully saturated rings. The molecule has 0 radical (unpaired) electrons. The van der Waals surface area contributed by atoms with Gasteiger partial charge in [0.2, 0.25) is 0 Å². The van der Waals surface area contributed by atoms with Gasteiger partial charge in [-0.2, -0.15) is 0 Å². The van der Waals surface area contributed by atoms with Crippen molar-refractivity contribution in [3.63, 3.8) is 0 Å². The molecule has 0 saturated carbocycles. The summed E-state index contributed by atoms with van der Waals surface area (Å²) in [5.41, 5.74) is 3.14. The summed E-state index contributed by atoms with van der Waals surface area (Å²) in [7, 11) is 0. The molecule has 0 aromatic heterocycles. The molecule has 0 aliphatic heterocycles. The Morgan fingerprint density at radius 2 is 1.95 bits per heavy atom. The first kappa shape index (κ1) is 16.3. The molecule has 21 heavy (non-hydrogen) atoms. The molecule has 0 unspecified atom stereocenters. The average molecular weight is 388 g/mol.